The highest BCUT2D eigenvalue weighted by molar-refractivity contribution is 9.10. The van der Waals surface area contributed by atoms with E-state index in [2.05, 4.69) is 31.4 Å². The Labute approximate surface area is 185 Å². The van der Waals surface area contributed by atoms with E-state index in [1.165, 1.54) is 23.0 Å². The highest BCUT2D eigenvalue weighted by Gasteiger charge is 2.16. The summed E-state index contributed by atoms with van der Waals surface area (Å²) in [6, 6.07) is 17.0. The van der Waals surface area contributed by atoms with E-state index in [9.17, 15) is 14.9 Å². The smallest absolute Gasteiger partial charge is 0.270 e. The van der Waals surface area contributed by atoms with Crippen molar-refractivity contribution in [2.45, 2.75) is 0 Å². The molecule has 0 spiro atoms. The van der Waals surface area contributed by atoms with Crippen molar-refractivity contribution >= 4 is 49.9 Å². The number of carbonyl (C=O) groups is 1. The molecular weight excluding hydrogens is 464 g/mol. The summed E-state index contributed by atoms with van der Waals surface area (Å²) < 4.78 is 0.462. The van der Waals surface area contributed by atoms with Gasteiger partial charge < -0.3 is 10.2 Å². The zero-order valence-electron chi connectivity index (χ0n) is 16.6. The number of nitrogens with one attached hydrogen (secondary N) is 1. The summed E-state index contributed by atoms with van der Waals surface area (Å²) in [7, 11) is 3.94. The molecule has 0 saturated carbocycles. The van der Waals surface area contributed by atoms with Gasteiger partial charge in [-0.05, 0) is 64.5 Å². The molecule has 0 atom stereocenters. The van der Waals surface area contributed by atoms with Gasteiger partial charge in [0.25, 0.3) is 11.6 Å². The monoisotopic (exact) mass is 480 g/mol. The normalized spacial score (nSPS) is 10.8. The average Bonchev–Trinajstić information content (AvgIpc) is 3.17. The summed E-state index contributed by atoms with van der Waals surface area (Å²) in [5, 5.41) is 22.7. The molecule has 4 rings (SSSR count). The van der Waals surface area contributed by atoms with Crippen LogP contribution in [0.15, 0.2) is 65.1 Å². The predicted molar refractivity (Wildman–Crippen MR) is 122 cm³/mol. The van der Waals surface area contributed by atoms with Crippen molar-refractivity contribution in [3.63, 3.8) is 0 Å². The van der Waals surface area contributed by atoms with E-state index >= 15 is 0 Å². The van der Waals surface area contributed by atoms with Crippen molar-refractivity contribution in [2.75, 3.05) is 24.3 Å². The van der Waals surface area contributed by atoms with E-state index < -0.39 is 10.8 Å². The number of halogens is 1. The van der Waals surface area contributed by atoms with Gasteiger partial charge in [0.15, 0.2) is 0 Å². The lowest BCUT2D eigenvalue weighted by Crippen LogP contribution is -2.12. The number of nitro benzene ring substituents is 1. The van der Waals surface area contributed by atoms with Crippen molar-refractivity contribution in [3.05, 3.63) is 80.8 Å². The molecule has 31 heavy (non-hydrogen) atoms. The molecule has 0 aliphatic rings. The Hall–Kier alpha value is -3.79. The van der Waals surface area contributed by atoms with Gasteiger partial charge in [0, 0.05) is 42.1 Å². The summed E-state index contributed by atoms with van der Waals surface area (Å²) in [4.78, 5) is 26.6. The fraction of sp³-hybridized carbons (Fsp3) is 0.0952. The number of nitrogens with zero attached hydrogens (tertiary/aromatic N) is 5. The van der Waals surface area contributed by atoms with Crippen molar-refractivity contribution in [1.82, 2.24) is 15.0 Å². The number of benzene rings is 3. The maximum absolute atomic E-state index is 12.7. The lowest BCUT2D eigenvalue weighted by atomic mass is 10.2. The number of hydrogen-bond acceptors (Lipinski definition) is 6. The highest BCUT2D eigenvalue weighted by atomic mass is 79.9. The number of aromatic nitrogens is 3. The largest absolute Gasteiger partial charge is 0.378 e. The zero-order chi connectivity index (χ0) is 22.1. The fourth-order valence-corrected chi connectivity index (χ4v) is 3.42. The Balaban J connectivity index is 1.59. The predicted octanol–water partition coefficient (Wildman–Crippen LogP) is 4.41. The maximum Gasteiger partial charge on any atom is 0.270 e. The van der Waals surface area contributed by atoms with Crippen LogP contribution in [0.2, 0.25) is 0 Å². The highest BCUT2D eigenvalue weighted by Crippen LogP contribution is 2.25. The van der Waals surface area contributed by atoms with Crippen LogP contribution >= 0.6 is 15.9 Å². The third kappa shape index (κ3) is 4.24. The second-order valence-corrected chi connectivity index (χ2v) is 7.83. The van der Waals surface area contributed by atoms with Crippen molar-refractivity contribution in [2.24, 2.45) is 0 Å². The summed E-state index contributed by atoms with van der Waals surface area (Å²) in [6.45, 7) is 0. The number of nitro groups is 1. The van der Waals surface area contributed by atoms with E-state index in [1.807, 2.05) is 43.3 Å². The second kappa shape index (κ2) is 8.15. The van der Waals surface area contributed by atoms with E-state index in [0.29, 0.717) is 21.2 Å². The minimum absolute atomic E-state index is 0.160. The third-order valence-corrected chi connectivity index (χ3v) is 5.33. The van der Waals surface area contributed by atoms with Crippen LogP contribution < -0.4 is 10.2 Å². The fourth-order valence-electron chi connectivity index (χ4n) is 2.99. The minimum atomic E-state index is -0.543. The molecule has 4 aromatic rings. The van der Waals surface area contributed by atoms with Gasteiger partial charge in [0.1, 0.15) is 11.0 Å². The average molecular weight is 481 g/mol. The van der Waals surface area contributed by atoms with Crippen LogP contribution in [0.5, 0.6) is 0 Å². The molecule has 1 heterocycles. The van der Waals surface area contributed by atoms with Crippen LogP contribution in [0.3, 0.4) is 0 Å². The SMILES string of the molecule is CN(C)c1ccc(-n2nc3ccc(NC(=O)c4cc([N+](=O)[O-])ccc4Br)cc3n2)cc1. The Morgan fingerprint density at radius 3 is 2.42 bits per heavy atom. The Bertz CT molecular complexity index is 1300. The minimum Gasteiger partial charge on any atom is -0.378 e. The standard InChI is InChI=1S/C21H17BrN6O3/c1-26(2)14-4-6-15(7-5-14)27-24-19-10-3-13(11-20(19)25-27)23-21(29)17-12-16(28(30)31)8-9-18(17)22/h3-12H,1-2H3,(H,23,29). The molecule has 156 valence electrons. The molecule has 0 unspecified atom stereocenters. The van der Waals surface area contributed by atoms with Crippen molar-refractivity contribution in [1.29, 1.82) is 0 Å². The topological polar surface area (TPSA) is 106 Å². The summed E-state index contributed by atoms with van der Waals surface area (Å²) in [6.07, 6.45) is 0. The summed E-state index contributed by atoms with van der Waals surface area (Å²) >= 11 is 3.26. The molecule has 0 fully saturated rings. The van der Waals surface area contributed by atoms with Crippen LogP contribution in [0.4, 0.5) is 17.1 Å². The molecule has 0 aliphatic carbocycles. The lowest BCUT2D eigenvalue weighted by molar-refractivity contribution is -0.384. The van der Waals surface area contributed by atoms with E-state index in [0.717, 1.165) is 11.4 Å². The molecule has 0 bridgehead atoms. The van der Waals surface area contributed by atoms with Gasteiger partial charge in [0.05, 0.1) is 16.2 Å². The molecule has 1 amide bonds. The van der Waals surface area contributed by atoms with Crippen molar-refractivity contribution in [3.8, 4) is 5.69 Å². The number of hydrogen-bond donors (Lipinski definition) is 1. The molecule has 9 nitrogen and oxygen atoms in total. The maximum atomic E-state index is 12.7. The molecule has 1 aromatic heterocycles. The van der Waals surface area contributed by atoms with Crippen LogP contribution in [-0.2, 0) is 0 Å². The summed E-state index contributed by atoms with van der Waals surface area (Å²) in [5.41, 5.74) is 3.67. The third-order valence-electron chi connectivity index (χ3n) is 4.64. The number of anilines is 2. The number of non-ortho nitro benzene ring substituents is 1. The van der Waals surface area contributed by atoms with E-state index in [1.54, 1.807) is 18.2 Å². The quantitative estimate of drug-likeness (QED) is 0.334. The first-order valence-electron chi connectivity index (χ1n) is 9.22. The Kier molecular flexibility index (Phi) is 5.38. The van der Waals surface area contributed by atoms with Crippen LogP contribution in [0.1, 0.15) is 10.4 Å². The van der Waals surface area contributed by atoms with Crippen LogP contribution in [0.25, 0.3) is 16.7 Å². The second-order valence-electron chi connectivity index (χ2n) is 6.98. The van der Waals surface area contributed by atoms with Gasteiger partial charge in [-0.15, -0.1) is 10.2 Å². The molecule has 0 radical (unpaired) electrons. The molecular formula is C21H17BrN6O3. The first-order chi connectivity index (χ1) is 14.8. The number of amides is 1. The van der Waals surface area contributed by atoms with Gasteiger partial charge in [0.2, 0.25) is 0 Å². The molecule has 1 N–H and O–H groups in total. The first-order valence-corrected chi connectivity index (χ1v) is 10.0. The number of carbonyl (C=O) groups excluding carboxylic acids is 1. The van der Waals surface area contributed by atoms with Gasteiger partial charge in [-0.1, -0.05) is 0 Å². The van der Waals surface area contributed by atoms with Gasteiger partial charge in [-0.3, -0.25) is 14.9 Å². The Morgan fingerprint density at radius 2 is 1.74 bits per heavy atom. The van der Waals surface area contributed by atoms with Crippen LogP contribution in [0, 0.1) is 10.1 Å². The zero-order valence-corrected chi connectivity index (χ0v) is 18.2. The molecule has 10 heteroatoms. The molecule has 0 saturated heterocycles. The van der Waals surface area contributed by atoms with Crippen LogP contribution in [-0.4, -0.2) is 39.9 Å². The molecule has 0 aliphatic heterocycles. The van der Waals surface area contributed by atoms with Gasteiger partial charge >= 0.3 is 0 Å². The van der Waals surface area contributed by atoms with E-state index in [-0.39, 0.29) is 11.3 Å². The lowest BCUT2D eigenvalue weighted by Gasteiger charge is -2.12. The molecule has 3 aromatic carbocycles. The number of fused-ring (bicyclic) bond motifs is 1. The van der Waals surface area contributed by atoms with Crippen molar-refractivity contribution < 1.29 is 9.72 Å². The Morgan fingerprint density at radius 1 is 1.03 bits per heavy atom. The van der Waals surface area contributed by atoms with Gasteiger partial charge in [-0.25, -0.2) is 0 Å². The van der Waals surface area contributed by atoms with Gasteiger partial charge in [-0.2, -0.15) is 4.80 Å². The summed E-state index contributed by atoms with van der Waals surface area (Å²) in [5.74, 6) is -0.471. The first kappa shape index (κ1) is 20.5. The van der Waals surface area contributed by atoms with E-state index in [4.69, 9.17) is 0 Å². The number of rotatable bonds is 5.